The summed E-state index contributed by atoms with van der Waals surface area (Å²) in [6, 6.07) is 11.8. The van der Waals surface area contributed by atoms with E-state index in [1.807, 2.05) is 42.6 Å². The van der Waals surface area contributed by atoms with Crippen molar-refractivity contribution in [3.8, 4) is 5.82 Å². The number of nitrogens with one attached hydrogen (secondary N) is 2. The summed E-state index contributed by atoms with van der Waals surface area (Å²) in [4.78, 5) is 23.0. The van der Waals surface area contributed by atoms with Crippen LogP contribution in [0.5, 0.6) is 0 Å². The molecular formula is C20H19N7OS. The third kappa shape index (κ3) is 4.19. The highest BCUT2D eigenvalue weighted by molar-refractivity contribution is 7.16. The van der Waals surface area contributed by atoms with Crippen LogP contribution in [0.1, 0.15) is 29.7 Å². The number of thiazole rings is 1. The van der Waals surface area contributed by atoms with Crippen molar-refractivity contribution in [2.45, 2.75) is 12.8 Å². The Morgan fingerprint density at radius 2 is 2.17 bits per heavy atom. The molecule has 29 heavy (non-hydrogen) atoms. The third-order valence-electron chi connectivity index (χ3n) is 4.59. The maximum atomic E-state index is 11.5. The van der Waals surface area contributed by atoms with Gasteiger partial charge in [0.05, 0.1) is 29.0 Å². The molecule has 2 N–H and O–H groups in total. The molecule has 4 rings (SSSR count). The van der Waals surface area contributed by atoms with E-state index in [0.717, 1.165) is 32.9 Å². The molecule has 1 atom stereocenters. The van der Waals surface area contributed by atoms with Crippen molar-refractivity contribution in [3.05, 3.63) is 75.3 Å². The number of fused-ring (bicyclic) bond motifs is 1. The first-order chi connectivity index (χ1) is 14.1. The van der Waals surface area contributed by atoms with Gasteiger partial charge in [-0.1, -0.05) is 24.3 Å². The van der Waals surface area contributed by atoms with Gasteiger partial charge in [-0.15, -0.1) is 0 Å². The number of benzene rings is 1. The molecule has 0 aliphatic heterocycles. The van der Waals surface area contributed by atoms with Crippen LogP contribution in [-0.2, 0) is 0 Å². The van der Waals surface area contributed by atoms with Gasteiger partial charge in [-0.25, -0.2) is 15.2 Å². The molecule has 8 nitrogen and oxygen atoms in total. The van der Waals surface area contributed by atoms with Crippen LogP contribution in [0, 0.1) is 5.53 Å². The Morgan fingerprint density at radius 3 is 2.97 bits per heavy atom. The number of aliphatic imine (C=N–C) groups is 1. The zero-order chi connectivity index (χ0) is 20.2. The second-order valence-electron chi connectivity index (χ2n) is 6.54. The topological polar surface area (TPSA) is 112 Å². The van der Waals surface area contributed by atoms with Crippen molar-refractivity contribution >= 4 is 27.8 Å². The lowest BCUT2D eigenvalue weighted by Gasteiger charge is -2.09. The van der Waals surface area contributed by atoms with Gasteiger partial charge in [-0.05, 0) is 35.9 Å². The number of aromatic nitrogens is 4. The van der Waals surface area contributed by atoms with E-state index in [9.17, 15) is 4.79 Å². The van der Waals surface area contributed by atoms with Crippen LogP contribution in [0.2, 0.25) is 0 Å². The van der Waals surface area contributed by atoms with Crippen molar-refractivity contribution in [2.24, 2.45) is 10.1 Å². The smallest absolute Gasteiger partial charge is 0.305 e. The standard InChI is InChI=1S/C20H19N7OS/c1-13(15-3-4-17-18(10-15)29-20(28)25-17)16-6-9-27(26-16)19-5-2-14(12-23-19)11-22-7-8-24-21/h2-6,9-13,21H,7-8H2,1H3,(H,25,28). The van der Waals surface area contributed by atoms with Gasteiger partial charge < -0.3 is 4.98 Å². The van der Waals surface area contributed by atoms with Crippen molar-refractivity contribution in [1.82, 2.24) is 19.7 Å². The van der Waals surface area contributed by atoms with E-state index in [2.05, 4.69) is 32.1 Å². The fraction of sp³-hybridized carbons (Fsp3) is 0.200. The maximum absolute atomic E-state index is 11.5. The fourth-order valence-corrected chi connectivity index (χ4v) is 3.77. The van der Waals surface area contributed by atoms with Crippen molar-refractivity contribution < 1.29 is 0 Å². The quantitative estimate of drug-likeness (QED) is 0.277. The molecule has 0 amide bonds. The lowest BCUT2D eigenvalue weighted by molar-refractivity contribution is 0.780. The second kappa shape index (κ2) is 8.27. The van der Waals surface area contributed by atoms with Crippen molar-refractivity contribution in [1.29, 1.82) is 5.53 Å². The monoisotopic (exact) mass is 405 g/mol. The number of hydrogen-bond donors (Lipinski definition) is 2. The molecule has 0 bridgehead atoms. The average Bonchev–Trinajstić information content (AvgIpc) is 3.36. The molecule has 0 radical (unpaired) electrons. The minimum absolute atomic E-state index is 0.0416. The number of hydrogen-bond acceptors (Lipinski definition) is 7. The molecule has 1 aromatic carbocycles. The van der Waals surface area contributed by atoms with Crippen LogP contribution in [0.15, 0.2) is 63.7 Å². The maximum Gasteiger partial charge on any atom is 0.305 e. The molecule has 0 spiro atoms. The summed E-state index contributed by atoms with van der Waals surface area (Å²) in [5.41, 5.74) is 10.5. The Balaban J connectivity index is 1.51. The molecule has 4 aromatic rings. The van der Waals surface area contributed by atoms with E-state index >= 15 is 0 Å². The number of aromatic amines is 1. The van der Waals surface area contributed by atoms with E-state index in [4.69, 9.17) is 5.53 Å². The largest absolute Gasteiger partial charge is 0.312 e. The lowest BCUT2D eigenvalue weighted by Crippen LogP contribution is -2.02. The average molecular weight is 405 g/mol. The molecule has 3 heterocycles. The van der Waals surface area contributed by atoms with Crippen molar-refractivity contribution in [2.75, 3.05) is 13.1 Å². The van der Waals surface area contributed by atoms with Crippen LogP contribution in [0.4, 0.5) is 0 Å². The molecular weight excluding hydrogens is 386 g/mol. The van der Waals surface area contributed by atoms with Crippen LogP contribution < -0.4 is 4.87 Å². The predicted octanol–water partition coefficient (Wildman–Crippen LogP) is 3.77. The molecule has 0 aliphatic rings. The van der Waals surface area contributed by atoms with Gasteiger partial charge in [0.2, 0.25) is 0 Å². The highest BCUT2D eigenvalue weighted by Crippen LogP contribution is 2.26. The van der Waals surface area contributed by atoms with Crippen LogP contribution in [-0.4, -0.2) is 39.1 Å². The molecule has 1 unspecified atom stereocenters. The van der Waals surface area contributed by atoms with Gasteiger partial charge in [0.25, 0.3) is 0 Å². The Kier molecular flexibility index (Phi) is 5.39. The fourth-order valence-electron chi connectivity index (χ4n) is 2.99. The third-order valence-corrected chi connectivity index (χ3v) is 5.43. The Hall–Kier alpha value is -3.46. The van der Waals surface area contributed by atoms with Gasteiger partial charge in [0, 0.05) is 30.1 Å². The second-order valence-corrected chi connectivity index (χ2v) is 7.56. The number of rotatable bonds is 7. The molecule has 0 fully saturated rings. The predicted molar refractivity (Wildman–Crippen MR) is 114 cm³/mol. The summed E-state index contributed by atoms with van der Waals surface area (Å²) in [6.07, 6.45) is 5.36. The lowest BCUT2D eigenvalue weighted by atomic mass is 9.98. The highest BCUT2D eigenvalue weighted by Gasteiger charge is 2.14. The molecule has 9 heteroatoms. The van der Waals surface area contributed by atoms with Crippen LogP contribution in [0.3, 0.4) is 0 Å². The van der Waals surface area contributed by atoms with Gasteiger partial charge in [0.1, 0.15) is 0 Å². The summed E-state index contributed by atoms with van der Waals surface area (Å²) in [6.45, 7) is 2.99. The first-order valence-corrected chi connectivity index (χ1v) is 9.93. The number of nitrogens with zero attached hydrogens (tertiary/aromatic N) is 5. The number of pyridine rings is 1. The summed E-state index contributed by atoms with van der Waals surface area (Å²) >= 11 is 1.22. The minimum atomic E-state index is -0.0416. The first kappa shape index (κ1) is 18.9. The zero-order valence-electron chi connectivity index (χ0n) is 15.7. The van der Waals surface area contributed by atoms with E-state index in [1.165, 1.54) is 11.3 Å². The van der Waals surface area contributed by atoms with Crippen LogP contribution >= 0.6 is 11.3 Å². The van der Waals surface area contributed by atoms with Crippen LogP contribution in [0.25, 0.3) is 16.0 Å². The van der Waals surface area contributed by atoms with E-state index in [1.54, 1.807) is 17.1 Å². The minimum Gasteiger partial charge on any atom is -0.312 e. The van der Waals surface area contributed by atoms with Gasteiger partial charge >= 0.3 is 4.87 Å². The molecule has 0 saturated carbocycles. The molecule has 0 saturated heterocycles. The van der Waals surface area contributed by atoms with Gasteiger partial charge in [-0.2, -0.15) is 10.2 Å². The summed E-state index contributed by atoms with van der Waals surface area (Å²) < 4.78 is 2.70. The van der Waals surface area contributed by atoms with E-state index in [0.29, 0.717) is 13.1 Å². The van der Waals surface area contributed by atoms with E-state index in [-0.39, 0.29) is 10.8 Å². The Morgan fingerprint density at radius 1 is 1.28 bits per heavy atom. The summed E-state index contributed by atoms with van der Waals surface area (Å²) in [5.74, 6) is 0.813. The molecule has 3 aromatic heterocycles. The Labute approximate surface area is 170 Å². The van der Waals surface area contributed by atoms with Gasteiger partial charge in [-0.3, -0.25) is 9.79 Å². The van der Waals surface area contributed by atoms with Crippen molar-refractivity contribution in [3.63, 3.8) is 0 Å². The normalized spacial score (nSPS) is 12.6. The van der Waals surface area contributed by atoms with Gasteiger partial charge in [0.15, 0.2) is 5.82 Å². The number of H-pyrrole nitrogens is 1. The zero-order valence-corrected chi connectivity index (χ0v) is 16.6. The van der Waals surface area contributed by atoms with E-state index < -0.39 is 0 Å². The molecule has 0 aliphatic carbocycles. The first-order valence-electron chi connectivity index (χ1n) is 9.12. The summed E-state index contributed by atoms with van der Waals surface area (Å²) in [7, 11) is 0. The highest BCUT2D eigenvalue weighted by atomic mass is 32.1. The summed E-state index contributed by atoms with van der Waals surface area (Å²) in [5, 5.41) is 7.95. The SMILES string of the molecule is CC(c1ccc2[nH]c(=O)sc2c1)c1ccn(-c2ccc(C=NCCN=N)cn2)n1. The molecule has 146 valence electrons. The Bertz CT molecular complexity index is 1220.